The van der Waals surface area contributed by atoms with Gasteiger partial charge in [0, 0.05) is 10.8 Å². The minimum atomic E-state index is -0.754. The van der Waals surface area contributed by atoms with Gasteiger partial charge in [-0.2, -0.15) is 0 Å². The molecule has 0 spiro atoms. The highest BCUT2D eigenvalue weighted by molar-refractivity contribution is 6.35. The number of amides is 4. The summed E-state index contributed by atoms with van der Waals surface area (Å²) in [5, 5.41) is 3.20. The van der Waals surface area contributed by atoms with Crippen molar-refractivity contribution >= 4 is 56.5 Å². The molecule has 1 aliphatic carbocycles. The average molecular weight is 1020 g/mol. The van der Waals surface area contributed by atoms with Crippen LogP contribution in [0.1, 0.15) is 71.1 Å². The van der Waals surface area contributed by atoms with Crippen molar-refractivity contribution in [2.24, 2.45) is 0 Å². The molecule has 0 N–H and O–H groups in total. The third-order valence-corrected chi connectivity index (χ3v) is 14.5. The fourth-order valence-electron chi connectivity index (χ4n) is 11.1. The van der Waals surface area contributed by atoms with E-state index >= 15 is 0 Å². The minimum Gasteiger partial charge on any atom is -0.480 e. The van der Waals surface area contributed by atoms with Crippen molar-refractivity contribution in [1.29, 1.82) is 0 Å². The van der Waals surface area contributed by atoms with Gasteiger partial charge >= 0.3 is 0 Å². The van der Waals surface area contributed by atoms with Gasteiger partial charge in [-0.1, -0.05) is 116 Å². The Labute approximate surface area is 449 Å². The standard InChI is InChI=1S/C67H40N2O8.CH4/c1-3-35-74-61-17-9-11-41-37-45(23-31-51(41)61)68-63(70)55-33-29-49(39-57(55)65(68)72)76-47-25-19-43(20-26-47)67(59-15-7-5-13-53(59)54-14-6-8-16-60(54)67)44-21-27-48(28-22-44)77-50-30-34-56-58(40-50)66(73)69(64(56)71)46-24-32-52-42(38-46)12-10-18-62(52)75-36-4-2;/h1-2,5-34,37-40H,35-36H2;1H4. The molecule has 0 radical (unpaired) electrons. The van der Waals surface area contributed by atoms with E-state index in [1.165, 1.54) is 9.80 Å². The van der Waals surface area contributed by atoms with E-state index in [2.05, 4.69) is 72.5 Å². The first-order chi connectivity index (χ1) is 37.7. The number of hydrogen-bond donors (Lipinski definition) is 0. The Hall–Kier alpha value is -10.7. The van der Waals surface area contributed by atoms with Gasteiger partial charge in [0.15, 0.2) is 0 Å². The number of carbonyl (C=O) groups is 4. The predicted molar refractivity (Wildman–Crippen MR) is 302 cm³/mol. The molecule has 0 unspecified atom stereocenters. The molecule has 0 atom stereocenters. The van der Waals surface area contributed by atoms with Gasteiger partial charge in [-0.25, -0.2) is 9.80 Å². The van der Waals surface area contributed by atoms with Gasteiger partial charge in [-0.05, 0) is 153 Å². The van der Waals surface area contributed by atoms with Crippen LogP contribution in [0.4, 0.5) is 11.4 Å². The van der Waals surface area contributed by atoms with Crippen molar-refractivity contribution in [2.45, 2.75) is 12.8 Å². The summed E-state index contributed by atoms with van der Waals surface area (Å²) in [5.74, 6) is 6.31. The topological polar surface area (TPSA) is 112 Å². The van der Waals surface area contributed by atoms with Crippen LogP contribution in [0.3, 0.4) is 0 Å². The third-order valence-electron chi connectivity index (χ3n) is 14.5. The van der Waals surface area contributed by atoms with Crippen LogP contribution in [0.5, 0.6) is 34.5 Å². The highest BCUT2D eigenvalue weighted by atomic mass is 16.5. The smallest absolute Gasteiger partial charge is 0.266 e. The summed E-state index contributed by atoms with van der Waals surface area (Å²) < 4.78 is 24.3. The monoisotopic (exact) mass is 1020 g/mol. The molecule has 0 saturated carbocycles. The summed E-state index contributed by atoms with van der Waals surface area (Å²) in [6.07, 6.45) is 10.8. The van der Waals surface area contributed by atoms with E-state index < -0.39 is 29.0 Å². The molecule has 374 valence electrons. The molecule has 0 fully saturated rings. The maximum Gasteiger partial charge on any atom is 0.266 e. The molecule has 0 saturated heterocycles. The van der Waals surface area contributed by atoms with Crippen molar-refractivity contribution in [2.75, 3.05) is 23.0 Å². The molecule has 78 heavy (non-hydrogen) atoms. The number of ether oxygens (including phenoxy) is 4. The summed E-state index contributed by atoms with van der Waals surface area (Å²) in [6.45, 7) is 0.231. The van der Waals surface area contributed by atoms with Crippen LogP contribution in [0, 0.1) is 24.7 Å². The molecule has 10 heteroatoms. The fraction of sp³-hybridized carbons (Fsp3) is 0.0588. The van der Waals surface area contributed by atoms with Gasteiger partial charge < -0.3 is 18.9 Å². The lowest BCUT2D eigenvalue weighted by Gasteiger charge is -2.34. The lowest BCUT2D eigenvalue weighted by molar-refractivity contribution is 0.0910. The van der Waals surface area contributed by atoms with Gasteiger partial charge in [0.2, 0.25) is 0 Å². The quantitative estimate of drug-likeness (QED) is 0.0879. The summed E-state index contributed by atoms with van der Waals surface area (Å²) in [5.41, 5.74) is 7.60. The maximum absolute atomic E-state index is 14.0. The number of benzene rings is 10. The molecule has 13 rings (SSSR count). The predicted octanol–water partition coefficient (Wildman–Crippen LogP) is 14.2. The van der Waals surface area contributed by atoms with Crippen LogP contribution < -0.4 is 28.7 Å². The molecule has 10 nitrogen and oxygen atoms in total. The molecular weight excluding hydrogens is 973 g/mol. The van der Waals surface area contributed by atoms with Crippen LogP contribution in [0.2, 0.25) is 0 Å². The van der Waals surface area contributed by atoms with Crippen molar-refractivity contribution in [1.82, 2.24) is 0 Å². The average Bonchev–Trinajstić information content (AvgIpc) is 4.17. The summed E-state index contributed by atoms with van der Waals surface area (Å²) >= 11 is 0. The largest absolute Gasteiger partial charge is 0.480 e. The zero-order valence-electron chi connectivity index (χ0n) is 40.9. The molecule has 4 amide bonds. The zero-order chi connectivity index (χ0) is 52.4. The second kappa shape index (κ2) is 19.2. The Balaban J connectivity index is 0.00000609. The number of nitrogens with zero attached hydrogens (tertiary/aromatic N) is 2. The van der Waals surface area contributed by atoms with E-state index in [1.54, 1.807) is 60.7 Å². The first-order valence-electron chi connectivity index (χ1n) is 24.7. The van der Waals surface area contributed by atoms with Gasteiger partial charge in [0.05, 0.1) is 39.0 Å². The lowest BCUT2D eigenvalue weighted by atomic mass is 9.68. The fourth-order valence-corrected chi connectivity index (χ4v) is 11.1. The molecule has 2 aliphatic heterocycles. The minimum absolute atomic E-state index is 0. The molecule has 3 aliphatic rings. The van der Waals surface area contributed by atoms with Crippen LogP contribution in [0.25, 0.3) is 32.7 Å². The summed E-state index contributed by atoms with van der Waals surface area (Å²) in [4.78, 5) is 57.8. The number of anilines is 2. The van der Waals surface area contributed by atoms with E-state index in [9.17, 15) is 19.2 Å². The van der Waals surface area contributed by atoms with Gasteiger partial charge in [0.25, 0.3) is 23.6 Å². The maximum atomic E-state index is 14.0. The van der Waals surface area contributed by atoms with Crippen LogP contribution in [0.15, 0.2) is 206 Å². The molecule has 2 heterocycles. The van der Waals surface area contributed by atoms with Crippen molar-refractivity contribution < 1.29 is 38.1 Å². The van der Waals surface area contributed by atoms with Gasteiger partial charge in [0.1, 0.15) is 47.7 Å². The van der Waals surface area contributed by atoms with Crippen LogP contribution in [-0.2, 0) is 5.41 Å². The lowest BCUT2D eigenvalue weighted by Crippen LogP contribution is -2.29. The van der Waals surface area contributed by atoms with Gasteiger partial charge in [-0.15, -0.1) is 12.8 Å². The Morgan fingerprint density at radius 1 is 0.385 bits per heavy atom. The highest BCUT2D eigenvalue weighted by Gasteiger charge is 2.46. The van der Waals surface area contributed by atoms with E-state index in [0.717, 1.165) is 54.9 Å². The molecule has 10 aromatic carbocycles. The Morgan fingerprint density at radius 3 is 1.21 bits per heavy atom. The number of terminal acetylenes is 2. The van der Waals surface area contributed by atoms with E-state index in [0.29, 0.717) is 45.9 Å². The second-order valence-electron chi connectivity index (χ2n) is 18.7. The number of fused-ring (bicyclic) bond motifs is 7. The number of imide groups is 2. The zero-order valence-corrected chi connectivity index (χ0v) is 40.9. The number of hydrogen-bond acceptors (Lipinski definition) is 8. The molecule has 0 bridgehead atoms. The van der Waals surface area contributed by atoms with E-state index in [1.807, 2.05) is 84.9 Å². The third kappa shape index (κ3) is 7.70. The summed E-state index contributed by atoms with van der Waals surface area (Å²) in [7, 11) is 0. The van der Waals surface area contributed by atoms with Crippen LogP contribution >= 0.6 is 0 Å². The van der Waals surface area contributed by atoms with Crippen molar-refractivity contribution in [3.63, 3.8) is 0 Å². The number of carbonyl (C=O) groups excluding carboxylic acids is 4. The normalized spacial score (nSPS) is 13.5. The SMILES string of the molecule is C.C#CCOc1cccc2cc(N3C(=O)c4ccc(Oc5ccc(C6(c7ccc(Oc8ccc9c(c8)C(=O)N(c8ccc%10c(OCC#C)cccc%10c8)C9=O)cc7)c7ccccc7-c7ccccc76)cc5)cc4C3=O)ccc12. The first-order valence-corrected chi connectivity index (χ1v) is 24.7. The Kier molecular flexibility index (Phi) is 11.9. The summed E-state index contributed by atoms with van der Waals surface area (Å²) in [6, 6.07) is 64.3. The molecule has 0 aromatic heterocycles. The van der Waals surface area contributed by atoms with Crippen molar-refractivity contribution in [3.05, 3.63) is 251 Å². The first kappa shape index (κ1) is 48.3. The Morgan fingerprint density at radius 2 is 0.782 bits per heavy atom. The van der Waals surface area contributed by atoms with Gasteiger partial charge in [-0.3, -0.25) is 19.2 Å². The Bertz CT molecular complexity index is 3970. The van der Waals surface area contributed by atoms with E-state index in [4.69, 9.17) is 31.8 Å². The molecule has 10 aromatic rings. The van der Waals surface area contributed by atoms with E-state index in [-0.39, 0.29) is 42.9 Å². The molecular formula is C68H44N2O8. The second-order valence-corrected chi connectivity index (χ2v) is 18.7. The number of rotatable bonds is 12. The highest BCUT2D eigenvalue weighted by Crippen LogP contribution is 2.56. The van der Waals surface area contributed by atoms with Crippen molar-refractivity contribution in [3.8, 4) is 70.3 Å². The van der Waals surface area contributed by atoms with Crippen LogP contribution in [-0.4, -0.2) is 36.8 Å².